The lowest BCUT2D eigenvalue weighted by Gasteiger charge is -2.28. The Kier molecular flexibility index (Phi) is 9.74. The van der Waals surface area contributed by atoms with Crippen LogP contribution < -0.4 is 5.32 Å². The van der Waals surface area contributed by atoms with Gasteiger partial charge in [0.15, 0.2) is 5.96 Å². The van der Waals surface area contributed by atoms with Gasteiger partial charge in [0.25, 0.3) is 0 Å². The van der Waals surface area contributed by atoms with Crippen LogP contribution in [-0.2, 0) is 10.2 Å². The first-order chi connectivity index (χ1) is 11.4. The molecular formula is C19H31BrIN3O. The topological polar surface area (TPSA) is 36.9 Å². The molecule has 2 rings (SSSR count). The van der Waals surface area contributed by atoms with Gasteiger partial charge in [-0.2, -0.15) is 0 Å². The van der Waals surface area contributed by atoms with E-state index in [1.165, 1.54) is 5.56 Å². The molecule has 6 heteroatoms. The monoisotopic (exact) mass is 523 g/mol. The van der Waals surface area contributed by atoms with Crippen molar-refractivity contribution in [3.05, 3.63) is 34.3 Å². The molecule has 0 spiro atoms. The van der Waals surface area contributed by atoms with Crippen molar-refractivity contribution >= 4 is 45.9 Å². The second kappa shape index (κ2) is 10.7. The van der Waals surface area contributed by atoms with Gasteiger partial charge in [0.05, 0.1) is 13.2 Å². The highest BCUT2D eigenvalue weighted by atomic mass is 127. The van der Waals surface area contributed by atoms with E-state index in [4.69, 9.17) is 9.73 Å². The van der Waals surface area contributed by atoms with E-state index in [1.807, 2.05) is 0 Å². The van der Waals surface area contributed by atoms with Crippen molar-refractivity contribution in [2.45, 2.75) is 32.6 Å². The lowest BCUT2D eigenvalue weighted by atomic mass is 9.85. The number of rotatable bonds is 6. The van der Waals surface area contributed by atoms with Crippen LogP contribution in [0.25, 0.3) is 0 Å². The standard InChI is InChI=1S/C19H30BrN3O.HI/c1-5-21-18(23(4)12-15-10-11-24-13-15)22-14-19(2,3)16-8-6-7-9-17(16)20;/h6-9,15H,5,10-14H2,1-4H3,(H,21,22);1H. The van der Waals surface area contributed by atoms with Crippen LogP contribution in [-0.4, -0.2) is 50.8 Å². The second-order valence-electron chi connectivity index (χ2n) is 7.14. The first kappa shape index (κ1) is 22.7. The fraction of sp³-hybridized carbons (Fsp3) is 0.632. The molecule has 0 saturated carbocycles. The van der Waals surface area contributed by atoms with Crippen LogP contribution in [0.1, 0.15) is 32.8 Å². The van der Waals surface area contributed by atoms with Crippen LogP contribution in [0, 0.1) is 5.92 Å². The largest absolute Gasteiger partial charge is 0.381 e. The van der Waals surface area contributed by atoms with E-state index in [0.29, 0.717) is 5.92 Å². The molecule has 1 aromatic rings. The Morgan fingerprint density at radius 3 is 2.72 bits per heavy atom. The van der Waals surface area contributed by atoms with Gasteiger partial charge in [0, 0.05) is 42.5 Å². The van der Waals surface area contributed by atoms with E-state index < -0.39 is 0 Å². The highest BCUT2D eigenvalue weighted by molar-refractivity contribution is 14.0. The second-order valence-corrected chi connectivity index (χ2v) is 8.00. The minimum absolute atomic E-state index is 0. The van der Waals surface area contributed by atoms with E-state index >= 15 is 0 Å². The van der Waals surface area contributed by atoms with Gasteiger partial charge in [-0.15, -0.1) is 24.0 Å². The zero-order valence-corrected chi connectivity index (χ0v) is 19.6. The molecule has 0 aliphatic carbocycles. The predicted molar refractivity (Wildman–Crippen MR) is 120 cm³/mol. The molecule has 1 aliphatic heterocycles. The number of nitrogens with zero attached hydrogens (tertiary/aromatic N) is 2. The summed E-state index contributed by atoms with van der Waals surface area (Å²) in [6, 6.07) is 8.40. The lowest BCUT2D eigenvalue weighted by Crippen LogP contribution is -2.42. The molecule has 1 aromatic carbocycles. The third-order valence-electron chi connectivity index (χ3n) is 4.48. The van der Waals surface area contributed by atoms with Crippen LogP contribution in [0.3, 0.4) is 0 Å². The summed E-state index contributed by atoms with van der Waals surface area (Å²) in [5, 5.41) is 3.42. The maximum Gasteiger partial charge on any atom is 0.193 e. The summed E-state index contributed by atoms with van der Waals surface area (Å²) in [4.78, 5) is 7.15. The maximum atomic E-state index is 5.49. The molecular weight excluding hydrogens is 493 g/mol. The predicted octanol–water partition coefficient (Wildman–Crippen LogP) is 4.28. The molecule has 1 saturated heterocycles. The smallest absolute Gasteiger partial charge is 0.193 e. The third-order valence-corrected chi connectivity index (χ3v) is 5.17. The summed E-state index contributed by atoms with van der Waals surface area (Å²) >= 11 is 3.67. The number of guanidine groups is 1. The highest BCUT2D eigenvalue weighted by Gasteiger charge is 2.24. The Labute approximate surface area is 177 Å². The minimum atomic E-state index is -0.0297. The number of hydrogen-bond donors (Lipinski definition) is 1. The summed E-state index contributed by atoms with van der Waals surface area (Å²) in [7, 11) is 2.12. The van der Waals surface area contributed by atoms with E-state index in [2.05, 4.69) is 78.2 Å². The van der Waals surface area contributed by atoms with Crippen molar-refractivity contribution in [1.29, 1.82) is 0 Å². The molecule has 4 nitrogen and oxygen atoms in total. The highest BCUT2D eigenvalue weighted by Crippen LogP contribution is 2.30. The zero-order chi connectivity index (χ0) is 17.6. The number of ether oxygens (including phenoxy) is 1. The SMILES string of the molecule is CCNC(=NCC(C)(C)c1ccccc1Br)N(C)CC1CCOC1.I. The van der Waals surface area contributed by atoms with Crippen LogP contribution >= 0.6 is 39.9 Å². The number of hydrogen-bond acceptors (Lipinski definition) is 2. The van der Waals surface area contributed by atoms with Crippen molar-refractivity contribution in [3.8, 4) is 0 Å². The molecule has 1 heterocycles. The van der Waals surface area contributed by atoms with E-state index in [9.17, 15) is 0 Å². The first-order valence-electron chi connectivity index (χ1n) is 8.76. The molecule has 142 valence electrons. The van der Waals surface area contributed by atoms with Crippen molar-refractivity contribution in [2.75, 3.05) is 39.9 Å². The van der Waals surface area contributed by atoms with Crippen LogP contribution in [0.2, 0.25) is 0 Å². The minimum Gasteiger partial charge on any atom is -0.381 e. The fourth-order valence-corrected chi connectivity index (χ4v) is 3.86. The molecule has 1 fully saturated rings. The van der Waals surface area contributed by atoms with Crippen molar-refractivity contribution in [1.82, 2.24) is 10.2 Å². The Morgan fingerprint density at radius 2 is 2.12 bits per heavy atom. The summed E-state index contributed by atoms with van der Waals surface area (Å²) in [6.07, 6.45) is 1.15. The van der Waals surface area contributed by atoms with E-state index in [0.717, 1.165) is 49.7 Å². The van der Waals surface area contributed by atoms with Crippen LogP contribution in [0.4, 0.5) is 0 Å². The summed E-state index contributed by atoms with van der Waals surface area (Å²) in [6.45, 7) is 11.0. The number of nitrogens with one attached hydrogen (secondary N) is 1. The lowest BCUT2D eigenvalue weighted by molar-refractivity contribution is 0.181. The van der Waals surface area contributed by atoms with Crippen molar-refractivity contribution in [2.24, 2.45) is 10.9 Å². The van der Waals surface area contributed by atoms with E-state index in [-0.39, 0.29) is 29.4 Å². The number of benzene rings is 1. The molecule has 0 radical (unpaired) electrons. The average molecular weight is 524 g/mol. The first-order valence-corrected chi connectivity index (χ1v) is 9.55. The van der Waals surface area contributed by atoms with Gasteiger partial charge in [-0.3, -0.25) is 4.99 Å². The molecule has 0 bridgehead atoms. The Morgan fingerprint density at radius 1 is 1.40 bits per heavy atom. The van der Waals surface area contributed by atoms with Gasteiger partial charge in [-0.05, 0) is 25.0 Å². The molecule has 1 unspecified atom stereocenters. The maximum absolute atomic E-state index is 5.49. The number of aliphatic imine (C=N–C) groups is 1. The van der Waals surface area contributed by atoms with Crippen molar-refractivity contribution < 1.29 is 4.74 Å². The van der Waals surface area contributed by atoms with Crippen LogP contribution in [0.5, 0.6) is 0 Å². The Balaban J connectivity index is 0.00000312. The fourth-order valence-electron chi connectivity index (χ4n) is 3.04. The Bertz CT molecular complexity index is 559. The van der Waals surface area contributed by atoms with Gasteiger partial charge < -0.3 is 15.0 Å². The Hall–Kier alpha value is -0.340. The summed E-state index contributed by atoms with van der Waals surface area (Å²) in [5.74, 6) is 1.58. The third kappa shape index (κ3) is 6.71. The van der Waals surface area contributed by atoms with Gasteiger partial charge in [-0.25, -0.2) is 0 Å². The van der Waals surface area contributed by atoms with Gasteiger partial charge in [0.2, 0.25) is 0 Å². The molecule has 0 amide bonds. The van der Waals surface area contributed by atoms with Gasteiger partial charge in [-0.1, -0.05) is 48.0 Å². The average Bonchev–Trinajstić information content (AvgIpc) is 3.04. The van der Waals surface area contributed by atoms with Crippen LogP contribution in [0.15, 0.2) is 33.7 Å². The molecule has 1 atom stereocenters. The quantitative estimate of drug-likeness (QED) is 0.343. The normalized spacial score (nSPS) is 18.0. The summed E-state index contributed by atoms with van der Waals surface area (Å²) < 4.78 is 6.64. The molecule has 1 aliphatic rings. The van der Waals surface area contributed by atoms with Gasteiger partial charge >= 0.3 is 0 Å². The summed E-state index contributed by atoms with van der Waals surface area (Å²) in [5.41, 5.74) is 1.26. The molecule has 0 aromatic heterocycles. The van der Waals surface area contributed by atoms with E-state index in [1.54, 1.807) is 0 Å². The van der Waals surface area contributed by atoms with Crippen molar-refractivity contribution in [3.63, 3.8) is 0 Å². The molecule has 1 N–H and O–H groups in total. The molecule has 25 heavy (non-hydrogen) atoms. The van der Waals surface area contributed by atoms with Gasteiger partial charge in [0.1, 0.15) is 0 Å². The number of halogens is 2. The zero-order valence-electron chi connectivity index (χ0n) is 15.7.